The molecule has 1 N–H and O–H groups in total. The monoisotopic (exact) mass is 418 g/mol. The number of rotatable bonds is 4. The molecular weight excluding hydrogens is 400 g/mol. The van der Waals surface area contributed by atoms with Gasteiger partial charge >= 0.3 is 5.97 Å². The summed E-state index contributed by atoms with van der Waals surface area (Å²) in [4.78, 5) is 25.7. The fraction of sp³-hybridized carbons (Fsp3) is 0.0714. The molecule has 0 heterocycles. The van der Waals surface area contributed by atoms with Gasteiger partial charge in [0.05, 0.1) is 0 Å². The molecule has 4 aromatic carbocycles. The Morgan fingerprint density at radius 2 is 0.969 bits per heavy atom. The van der Waals surface area contributed by atoms with Gasteiger partial charge in [-0.2, -0.15) is 0 Å². The van der Waals surface area contributed by atoms with Crippen molar-refractivity contribution in [3.63, 3.8) is 0 Å². The van der Waals surface area contributed by atoms with Crippen LogP contribution in [-0.2, 0) is 25.3 Å². The van der Waals surface area contributed by atoms with Gasteiger partial charge in [0.15, 0.2) is 11.0 Å². The molecule has 0 atom stereocenters. The summed E-state index contributed by atoms with van der Waals surface area (Å²) in [5.41, 5.74) is 2.73. The van der Waals surface area contributed by atoms with Crippen LogP contribution in [0.5, 0.6) is 0 Å². The smallest absolute Gasteiger partial charge is 0.323 e. The van der Waals surface area contributed by atoms with Crippen LogP contribution >= 0.6 is 0 Å². The van der Waals surface area contributed by atoms with Crippen molar-refractivity contribution in [1.29, 1.82) is 0 Å². The maximum Gasteiger partial charge on any atom is 0.323 e. The van der Waals surface area contributed by atoms with Gasteiger partial charge in [0.2, 0.25) is 0 Å². The summed E-state index contributed by atoms with van der Waals surface area (Å²) in [6.07, 6.45) is 0. The quantitative estimate of drug-likeness (QED) is 0.467. The average molecular weight is 418 g/mol. The molecule has 0 unspecified atom stereocenters. The molecule has 0 aliphatic heterocycles. The molecule has 4 aromatic rings. The first kappa shape index (κ1) is 18.6. The van der Waals surface area contributed by atoms with Crippen LogP contribution in [0, 0.1) is 0 Å². The Kier molecular flexibility index (Phi) is 3.72. The van der Waals surface area contributed by atoms with Crippen LogP contribution in [0.4, 0.5) is 0 Å². The zero-order valence-electron chi connectivity index (χ0n) is 17.0. The molecular formula is C28H18O4. The molecule has 6 rings (SSSR count). The van der Waals surface area contributed by atoms with Crippen molar-refractivity contribution in [2.24, 2.45) is 0 Å². The number of carboxylic acid groups (broad SMARTS) is 1. The maximum absolute atomic E-state index is 13.5. The molecule has 0 spiro atoms. The van der Waals surface area contributed by atoms with E-state index in [0.29, 0.717) is 28.7 Å². The van der Waals surface area contributed by atoms with E-state index >= 15 is 0 Å². The van der Waals surface area contributed by atoms with E-state index in [2.05, 4.69) is 0 Å². The van der Waals surface area contributed by atoms with Crippen LogP contribution in [0.1, 0.15) is 22.3 Å². The van der Waals surface area contributed by atoms with Crippen LogP contribution in [0.2, 0.25) is 0 Å². The van der Waals surface area contributed by atoms with E-state index < -0.39 is 17.0 Å². The van der Waals surface area contributed by atoms with Crippen molar-refractivity contribution in [2.75, 3.05) is 0 Å². The number of fused-ring (bicyclic) bond motifs is 6. The Balaban J connectivity index is 1.87. The normalized spacial score (nSPS) is 15.8. The van der Waals surface area contributed by atoms with Gasteiger partial charge in [0, 0.05) is 11.1 Å². The number of carbonyl (C=O) groups excluding carboxylic acids is 1. The Hall–Kier alpha value is -4.18. The molecule has 0 amide bonds. The van der Waals surface area contributed by atoms with Crippen LogP contribution in [0.15, 0.2) is 97.1 Å². The van der Waals surface area contributed by atoms with Crippen LogP contribution < -0.4 is 0 Å². The third-order valence-electron chi connectivity index (χ3n) is 6.93. The van der Waals surface area contributed by atoms with E-state index in [-0.39, 0.29) is 0 Å². The molecule has 0 saturated heterocycles. The number of carbonyl (C=O) groups is 2. The Morgan fingerprint density at radius 1 is 0.625 bits per heavy atom. The largest absolute Gasteiger partial charge is 0.480 e. The van der Waals surface area contributed by atoms with Crippen molar-refractivity contribution >= 4 is 12.4 Å². The first-order chi connectivity index (χ1) is 15.7. The number of hydrogen-bond donors (Lipinski definition) is 1. The standard InChI is InChI=1S/C28H18O4/c29-17-32-28(24-15-7-3-11-20(24)21-12-4-8-16-25(21)28)27(26(30)31)22-13-5-1-9-18(22)19-10-2-6-14-23(19)27/h1-17H,(H,30,31). The van der Waals surface area contributed by atoms with Gasteiger partial charge in [-0.25, -0.2) is 0 Å². The lowest BCUT2D eigenvalue weighted by molar-refractivity contribution is -0.160. The van der Waals surface area contributed by atoms with E-state index in [1.807, 2.05) is 97.1 Å². The number of hydrogen-bond acceptors (Lipinski definition) is 3. The van der Waals surface area contributed by atoms with E-state index in [0.717, 1.165) is 22.3 Å². The molecule has 2 aliphatic carbocycles. The number of benzene rings is 4. The fourth-order valence-electron chi connectivity index (χ4n) is 5.88. The van der Waals surface area contributed by atoms with Gasteiger partial charge in [-0.1, -0.05) is 97.1 Å². The Bertz CT molecular complexity index is 1330. The highest BCUT2D eigenvalue weighted by atomic mass is 16.5. The SMILES string of the molecule is O=COC1(C2(C(=O)O)c3ccccc3-c3ccccc32)c2ccccc2-c2ccccc21. The number of aliphatic carboxylic acids is 1. The molecule has 32 heavy (non-hydrogen) atoms. The molecule has 0 radical (unpaired) electrons. The van der Waals surface area contributed by atoms with Crippen molar-refractivity contribution in [3.05, 3.63) is 119 Å². The maximum atomic E-state index is 13.5. The van der Waals surface area contributed by atoms with Crippen molar-refractivity contribution < 1.29 is 19.4 Å². The second kappa shape index (κ2) is 6.41. The molecule has 154 valence electrons. The summed E-state index contributed by atoms with van der Waals surface area (Å²) in [6, 6.07) is 30.2. The highest BCUT2D eigenvalue weighted by Gasteiger charge is 2.69. The molecule has 4 nitrogen and oxygen atoms in total. The predicted molar refractivity (Wildman–Crippen MR) is 120 cm³/mol. The second-order valence-electron chi connectivity index (χ2n) is 8.13. The minimum atomic E-state index is -1.66. The lowest BCUT2D eigenvalue weighted by Gasteiger charge is -2.44. The number of carboxylic acids is 1. The van der Waals surface area contributed by atoms with Gasteiger partial charge in [-0.05, 0) is 33.4 Å². The summed E-state index contributed by atoms with van der Waals surface area (Å²) in [7, 11) is 0. The Morgan fingerprint density at radius 3 is 1.34 bits per heavy atom. The van der Waals surface area contributed by atoms with Crippen LogP contribution in [-0.4, -0.2) is 17.5 Å². The van der Waals surface area contributed by atoms with Crippen LogP contribution in [0.3, 0.4) is 0 Å². The lowest BCUT2D eigenvalue weighted by Crippen LogP contribution is -2.55. The van der Waals surface area contributed by atoms with Gasteiger partial charge in [0.1, 0.15) is 0 Å². The molecule has 0 fully saturated rings. The summed E-state index contributed by atoms with van der Waals surface area (Å²) in [6.45, 7) is 0.382. The van der Waals surface area contributed by atoms with Gasteiger partial charge in [0.25, 0.3) is 6.47 Å². The highest BCUT2D eigenvalue weighted by molar-refractivity contribution is 6.02. The third-order valence-corrected chi connectivity index (χ3v) is 6.93. The van der Waals surface area contributed by atoms with Crippen molar-refractivity contribution in [3.8, 4) is 22.3 Å². The Labute approximate surface area is 184 Å². The van der Waals surface area contributed by atoms with Gasteiger partial charge in [-0.15, -0.1) is 0 Å². The fourth-order valence-corrected chi connectivity index (χ4v) is 5.88. The van der Waals surface area contributed by atoms with E-state index in [1.54, 1.807) is 0 Å². The minimum absolute atomic E-state index is 0.382. The zero-order valence-corrected chi connectivity index (χ0v) is 17.0. The first-order valence-corrected chi connectivity index (χ1v) is 10.4. The van der Waals surface area contributed by atoms with E-state index in [9.17, 15) is 14.7 Å². The summed E-state index contributed by atoms with van der Waals surface area (Å²) < 4.78 is 6.04. The minimum Gasteiger partial charge on any atom is -0.480 e. The van der Waals surface area contributed by atoms with Gasteiger partial charge in [-0.3, -0.25) is 9.59 Å². The summed E-state index contributed by atoms with van der Waals surface area (Å²) in [5, 5.41) is 11.1. The van der Waals surface area contributed by atoms with Crippen LogP contribution in [0.25, 0.3) is 22.3 Å². The average Bonchev–Trinajstić information content (AvgIpc) is 3.29. The number of ether oxygens (including phenoxy) is 1. The summed E-state index contributed by atoms with van der Waals surface area (Å²) >= 11 is 0. The molecule has 0 bridgehead atoms. The van der Waals surface area contributed by atoms with E-state index in [1.165, 1.54) is 0 Å². The topological polar surface area (TPSA) is 63.6 Å². The lowest BCUT2D eigenvalue weighted by atomic mass is 9.61. The van der Waals surface area contributed by atoms with Crippen molar-refractivity contribution in [2.45, 2.75) is 11.0 Å². The first-order valence-electron chi connectivity index (χ1n) is 10.4. The molecule has 2 aliphatic rings. The predicted octanol–water partition coefficient (Wildman–Crippen LogP) is 5.13. The summed E-state index contributed by atoms with van der Waals surface area (Å²) in [5.74, 6) is -1.07. The highest BCUT2D eigenvalue weighted by Crippen LogP contribution is 2.65. The third kappa shape index (κ3) is 1.93. The molecule has 0 aromatic heterocycles. The van der Waals surface area contributed by atoms with Gasteiger partial charge < -0.3 is 9.84 Å². The second-order valence-corrected chi connectivity index (χ2v) is 8.13. The zero-order chi connectivity index (χ0) is 21.9. The van der Waals surface area contributed by atoms with E-state index in [4.69, 9.17) is 4.74 Å². The molecule has 0 saturated carbocycles. The molecule has 4 heteroatoms. The van der Waals surface area contributed by atoms with Crippen molar-refractivity contribution in [1.82, 2.24) is 0 Å².